The average molecular weight is 312 g/mol. The van der Waals surface area contributed by atoms with Gasteiger partial charge in [0.05, 0.1) is 11.6 Å². The molecule has 0 amide bonds. The van der Waals surface area contributed by atoms with E-state index in [0.29, 0.717) is 16.7 Å². The van der Waals surface area contributed by atoms with E-state index in [1.165, 1.54) is 6.26 Å². The van der Waals surface area contributed by atoms with E-state index in [1.807, 2.05) is 13.0 Å². The van der Waals surface area contributed by atoms with Crippen LogP contribution in [0.2, 0.25) is 0 Å². The Bertz CT molecular complexity index is 903. The minimum Gasteiger partial charge on any atom is -0.461 e. The van der Waals surface area contributed by atoms with Gasteiger partial charge in [-0.05, 0) is 36.2 Å². The van der Waals surface area contributed by atoms with Crippen molar-refractivity contribution in [3.05, 3.63) is 52.4 Å². The Morgan fingerprint density at radius 3 is 2.70 bits per heavy atom. The fourth-order valence-electron chi connectivity index (χ4n) is 2.29. The third-order valence-corrected chi connectivity index (χ3v) is 3.57. The summed E-state index contributed by atoms with van der Waals surface area (Å²) in [5.41, 5.74) is 1.05. The number of hydrogen-bond acceptors (Lipinski definition) is 5. The fourth-order valence-corrected chi connectivity index (χ4v) is 2.29. The van der Waals surface area contributed by atoms with Crippen LogP contribution in [0.1, 0.15) is 25.8 Å². The third-order valence-electron chi connectivity index (χ3n) is 3.57. The molecule has 0 unspecified atom stereocenters. The molecule has 0 aliphatic rings. The van der Waals surface area contributed by atoms with Gasteiger partial charge in [-0.25, -0.2) is 0 Å². The predicted octanol–water partition coefficient (Wildman–Crippen LogP) is 3.93. The van der Waals surface area contributed by atoms with Gasteiger partial charge in [0.1, 0.15) is 5.58 Å². The van der Waals surface area contributed by atoms with Gasteiger partial charge in [0, 0.05) is 6.42 Å². The number of carbonyl (C=O) groups excluding carboxylic acids is 1. The van der Waals surface area contributed by atoms with Crippen LogP contribution in [0.4, 0.5) is 0 Å². The van der Waals surface area contributed by atoms with Gasteiger partial charge in [-0.2, -0.15) is 0 Å². The largest absolute Gasteiger partial charge is 0.461 e. The van der Waals surface area contributed by atoms with Crippen LogP contribution >= 0.6 is 0 Å². The highest BCUT2D eigenvalue weighted by Gasteiger charge is 2.21. The van der Waals surface area contributed by atoms with E-state index in [0.717, 1.165) is 12.0 Å². The molecule has 118 valence electrons. The maximum Gasteiger partial charge on any atom is 0.311 e. The highest BCUT2D eigenvalue weighted by molar-refractivity contribution is 5.84. The molecule has 0 N–H and O–H groups in total. The Morgan fingerprint density at radius 2 is 2.04 bits per heavy atom. The van der Waals surface area contributed by atoms with Crippen molar-refractivity contribution in [1.29, 1.82) is 0 Å². The minimum absolute atomic E-state index is 0.124. The van der Waals surface area contributed by atoms with E-state index in [9.17, 15) is 9.59 Å². The molecule has 23 heavy (non-hydrogen) atoms. The Morgan fingerprint density at radius 1 is 1.22 bits per heavy atom. The first-order chi connectivity index (χ1) is 11.1. The van der Waals surface area contributed by atoms with Gasteiger partial charge in [-0.1, -0.05) is 19.9 Å². The van der Waals surface area contributed by atoms with Gasteiger partial charge >= 0.3 is 5.97 Å². The van der Waals surface area contributed by atoms with Crippen LogP contribution in [-0.4, -0.2) is 5.97 Å². The zero-order chi connectivity index (χ0) is 16.4. The molecular formula is C18H16O5. The summed E-state index contributed by atoms with van der Waals surface area (Å²) >= 11 is 0. The summed E-state index contributed by atoms with van der Waals surface area (Å²) < 4.78 is 16.3. The zero-order valence-corrected chi connectivity index (χ0v) is 12.9. The SMILES string of the molecule is CCC(=O)Oc1c(-c2ccco2)oc2ccc(CC)cc2c1=O. The van der Waals surface area contributed by atoms with Crippen molar-refractivity contribution in [2.24, 2.45) is 0 Å². The van der Waals surface area contributed by atoms with E-state index in [-0.39, 0.29) is 23.4 Å². The first kappa shape index (κ1) is 15.1. The number of carbonyl (C=O) groups is 1. The number of esters is 1. The minimum atomic E-state index is -0.504. The van der Waals surface area contributed by atoms with Crippen LogP contribution in [-0.2, 0) is 11.2 Å². The van der Waals surface area contributed by atoms with Gasteiger partial charge in [-0.15, -0.1) is 0 Å². The molecule has 3 aromatic rings. The molecule has 3 rings (SSSR count). The molecule has 0 atom stereocenters. The average Bonchev–Trinajstić information content (AvgIpc) is 3.11. The summed E-state index contributed by atoms with van der Waals surface area (Å²) in [5.74, 6) is -0.176. The topological polar surface area (TPSA) is 69.7 Å². The molecule has 0 bridgehead atoms. The number of rotatable bonds is 4. The normalized spacial score (nSPS) is 10.9. The second-order valence-electron chi connectivity index (χ2n) is 5.08. The van der Waals surface area contributed by atoms with Crippen molar-refractivity contribution in [2.45, 2.75) is 26.7 Å². The van der Waals surface area contributed by atoms with Crippen LogP contribution in [0, 0.1) is 0 Å². The van der Waals surface area contributed by atoms with Gasteiger partial charge in [-0.3, -0.25) is 9.59 Å². The molecule has 0 radical (unpaired) electrons. The van der Waals surface area contributed by atoms with Crippen molar-refractivity contribution in [3.63, 3.8) is 0 Å². The molecule has 2 aromatic heterocycles. The number of benzene rings is 1. The lowest BCUT2D eigenvalue weighted by molar-refractivity contribution is -0.134. The Hall–Kier alpha value is -2.82. The van der Waals surface area contributed by atoms with Crippen LogP contribution in [0.25, 0.3) is 22.5 Å². The van der Waals surface area contributed by atoms with Crippen molar-refractivity contribution in [1.82, 2.24) is 0 Å². The first-order valence-electron chi connectivity index (χ1n) is 7.48. The summed E-state index contributed by atoms with van der Waals surface area (Å²) in [4.78, 5) is 24.5. The van der Waals surface area contributed by atoms with Crippen molar-refractivity contribution < 1.29 is 18.4 Å². The molecule has 0 saturated carbocycles. The Balaban J connectivity index is 2.30. The summed E-state index contributed by atoms with van der Waals surface area (Å²) in [6.07, 6.45) is 2.41. The van der Waals surface area contributed by atoms with E-state index in [1.54, 1.807) is 31.2 Å². The highest BCUT2D eigenvalue weighted by Crippen LogP contribution is 2.31. The van der Waals surface area contributed by atoms with E-state index < -0.39 is 5.97 Å². The molecule has 0 saturated heterocycles. The van der Waals surface area contributed by atoms with E-state index >= 15 is 0 Å². The summed E-state index contributed by atoms with van der Waals surface area (Å²) in [6, 6.07) is 8.72. The number of furan rings is 1. The number of aryl methyl sites for hydroxylation is 1. The van der Waals surface area contributed by atoms with Crippen LogP contribution < -0.4 is 10.2 Å². The maximum absolute atomic E-state index is 12.8. The zero-order valence-electron chi connectivity index (χ0n) is 12.9. The molecule has 5 heteroatoms. The van der Waals surface area contributed by atoms with Crippen LogP contribution in [0.15, 0.2) is 50.2 Å². The van der Waals surface area contributed by atoms with E-state index in [4.69, 9.17) is 13.6 Å². The lowest BCUT2D eigenvalue weighted by atomic mass is 10.1. The quantitative estimate of drug-likeness (QED) is 0.683. The maximum atomic E-state index is 12.8. The summed E-state index contributed by atoms with van der Waals surface area (Å²) in [5, 5.41) is 0.388. The number of ether oxygens (including phenoxy) is 1. The lowest BCUT2D eigenvalue weighted by Crippen LogP contribution is -2.15. The molecule has 0 aliphatic heterocycles. The number of fused-ring (bicyclic) bond motifs is 1. The van der Waals surface area contributed by atoms with Crippen LogP contribution in [0.3, 0.4) is 0 Å². The molecule has 0 aliphatic carbocycles. The molecule has 5 nitrogen and oxygen atoms in total. The smallest absolute Gasteiger partial charge is 0.311 e. The van der Waals surface area contributed by atoms with Crippen molar-refractivity contribution in [3.8, 4) is 17.3 Å². The predicted molar refractivity (Wildman–Crippen MR) is 85.5 cm³/mol. The monoisotopic (exact) mass is 312 g/mol. The first-order valence-corrected chi connectivity index (χ1v) is 7.48. The van der Waals surface area contributed by atoms with Crippen LogP contribution in [0.5, 0.6) is 5.75 Å². The Labute approximate surface area is 132 Å². The van der Waals surface area contributed by atoms with Crippen molar-refractivity contribution in [2.75, 3.05) is 0 Å². The van der Waals surface area contributed by atoms with Gasteiger partial charge in [0.2, 0.25) is 16.9 Å². The molecule has 0 spiro atoms. The Kier molecular flexibility index (Phi) is 4.02. The fraction of sp³-hybridized carbons (Fsp3) is 0.222. The summed E-state index contributed by atoms with van der Waals surface area (Å²) in [6.45, 7) is 3.66. The van der Waals surface area contributed by atoms with E-state index in [2.05, 4.69) is 0 Å². The molecule has 1 aromatic carbocycles. The number of hydrogen-bond donors (Lipinski definition) is 0. The molecule has 2 heterocycles. The molecule has 0 fully saturated rings. The summed E-state index contributed by atoms with van der Waals surface area (Å²) in [7, 11) is 0. The lowest BCUT2D eigenvalue weighted by Gasteiger charge is -2.09. The molecular weight excluding hydrogens is 296 g/mol. The highest BCUT2D eigenvalue weighted by atomic mass is 16.5. The second kappa shape index (κ2) is 6.12. The van der Waals surface area contributed by atoms with Gasteiger partial charge < -0.3 is 13.6 Å². The third kappa shape index (κ3) is 2.77. The standard InChI is InChI=1S/C18H16O5/c1-3-11-7-8-13-12(10-11)16(20)18(23-15(19)4-2)17(22-13)14-6-5-9-21-14/h5-10H,3-4H2,1-2H3. The second-order valence-corrected chi connectivity index (χ2v) is 5.08. The van der Waals surface area contributed by atoms with Gasteiger partial charge in [0.15, 0.2) is 5.76 Å². The van der Waals surface area contributed by atoms with Gasteiger partial charge in [0.25, 0.3) is 0 Å². The van der Waals surface area contributed by atoms with Crippen molar-refractivity contribution >= 4 is 16.9 Å².